The lowest BCUT2D eigenvalue weighted by atomic mass is 10.0. The predicted octanol–water partition coefficient (Wildman–Crippen LogP) is 4.73. The van der Waals surface area contributed by atoms with Crippen LogP contribution in [0.5, 0.6) is 0 Å². The van der Waals surface area contributed by atoms with Gasteiger partial charge in [-0.25, -0.2) is 9.97 Å². The second-order valence-corrected chi connectivity index (χ2v) is 7.33. The summed E-state index contributed by atoms with van der Waals surface area (Å²) in [5.41, 5.74) is 11.9. The van der Waals surface area contributed by atoms with Gasteiger partial charge >= 0.3 is 0 Å². The maximum absolute atomic E-state index is 6.14. The summed E-state index contributed by atoms with van der Waals surface area (Å²) in [7, 11) is 0. The van der Waals surface area contributed by atoms with Crippen LogP contribution >= 0.6 is 0 Å². The molecule has 2 N–H and O–H groups in total. The van der Waals surface area contributed by atoms with Crippen molar-refractivity contribution in [2.24, 2.45) is 0 Å². The van der Waals surface area contributed by atoms with Crippen LogP contribution in [-0.2, 0) is 6.54 Å². The normalized spacial score (nSPS) is 14.7. The zero-order valence-electron chi connectivity index (χ0n) is 15.6. The first-order valence-corrected chi connectivity index (χ1v) is 9.69. The van der Waals surface area contributed by atoms with Gasteiger partial charge in [0.05, 0.1) is 5.56 Å². The van der Waals surface area contributed by atoms with Crippen LogP contribution in [-0.4, -0.2) is 28.0 Å². The molecule has 1 aliphatic rings. The lowest BCUT2D eigenvalue weighted by molar-refractivity contribution is 0.331. The van der Waals surface area contributed by atoms with E-state index in [9.17, 15) is 0 Å². The Morgan fingerprint density at radius 2 is 1.82 bits per heavy atom. The van der Waals surface area contributed by atoms with E-state index in [0.29, 0.717) is 11.7 Å². The van der Waals surface area contributed by atoms with Gasteiger partial charge in [0.25, 0.3) is 0 Å². The summed E-state index contributed by atoms with van der Waals surface area (Å²) in [6.07, 6.45) is 4.42. The largest absolute Gasteiger partial charge is 0.436 e. The van der Waals surface area contributed by atoms with E-state index in [1.807, 2.05) is 36.5 Å². The highest BCUT2D eigenvalue weighted by Gasteiger charge is 2.15. The van der Waals surface area contributed by atoms with Crippen LogP contribution in [0.4, 0.5) is 5.82 Å². The molecule has 0 unspecified atom stereocenters. The molecule has 3 heterocycles. The number of anilines is 1. The van der Waals surface area contributed by atoms with Crippen LogP contribution in [0.1, 0.15) is 18.4 Å². The van der Waals surface area contributed by atoms with Gasteiger partial charge in [-0.05, 0) is 61.3 Å². The number of oxazole rings is 1. The Hall–Kier alpha value is -3.18. The van der Waals surface area contributed by atoms with Gasteiger partial charge in [0.1, 0.15) is 11.3 Å². The molecule has 5 heteroatoms. The molecule has 1 aliphatic heterocycles. The maximum Gasteiger partial charge on any atom is 0.231 e. The fraction of sp³-hybridized carbons (Fsp3) is 0.217. The van der Waals surface area contributed by atoms with Crippen molar-refractivity contribution in [2.75, 3.05) is 18.8 Å². The monoisotopic (exact) mass is 370 g/mol. The molecule has 5 nitrogen and oxygen atoms in total. The minimum Gasteiger partial charge on any atom is -0.436 e. The van der Waals surface area contributed by atoms with E-state index in [1.165, 1.54) is 31.5 Å². The molecule has 2 aromatic carbocycles. The van der Waals surface area contributed by atoms with E-state index in [-0.39, 0.29) is 0 Å². The number of benzene rings is 2. The molecule has 5 rings (SSSR count). The summed E-state index contributed by atoms with van der Waals surface area (Å²) in [6.45, 7) is 3.37. The fourth-order valence-corrected chi connectivity index (χ4v) is 3.84. The van der Waals surface area contributed by atoms with Crippen LogP contribution < -0.4 is 5.73 Å². The van der Waals surface area contributed by atoms with Gasteiger partial charge in [-0.15, -0.1) is 0 Å². The minimum atomic E-state index is 0.420. The molecule has 1 fully saturated rings. The zero-order chi connectivity index (χ0) is 18.9. The molecule has 28 heavy (non-hydrogen) atoms. The van der Waals surface area contributed by atoms with E-state index < -0.39 is 0 Å². The quantitative estimate of drug-likeness (QED) is 0.562. The molecule has 4 aromatic rings. The third-order valence-corrected chi connectivity index (χ3v) is 5.31. The van der Waals surface area contributed by atoms with E-state index >= 15 is 0 Å². The van der Waals surface area contributed by atoms with Crippen molar-refractivity contribution < 1.29 is 4.42 Å². The second-order valence-electron chi connectivity index (χ2n) is 7.33. The molecular formula is C23H22N4O. The Morgan fingerprint density at radius 3 is 2.68 bits per heavy atom. The number of pyridine rings is 1. The van der Waals surface area contributed by atoms with Crippen molar-refractivity contribution in [2.45, 2.75) is 19.4 Å². The van der Waals surface area contributed by atoms with E-state index in [0.717, 1.165) is 34.3 Å². The van der Waals surface area contributed by atoms with Gasteiger partial charge in [0, 0.05) is 18.3 Å². The third-order valence-electron chi connectivity index (χ3n) is 5.31. The molecule has 0 spiro atoms. The molecule has 0 aliphatic carbocycles. The number of aromatic nitrogens is 2. The number of rotatable bonds is 4. The topological polar surface area (TPSA) is 68.2 Å². The highest BCUT2D eigenvalue weighted by molar-refractivity contribution is 5.80. The molecule has 2 aromatic heterocycles. The van der Waals surface area contributed by atoms with Crippen LogP contribution in [0.2, 0.25) is 0 Å². The fourth-order valence-electron chi connectivity index (χ4n) is 3.84. The summed E-state index contributed by atoms with van der Waals surface area (Å²) in [5, 5.41) is 0. The van der Waals surface area contributed by atoms with Gasteiger partial charge < -0.3 is 10.2 Å². The van der Waals surface area contributed by atoms with Crippen LogP contribution in [0.25, 0.3) is 33.7 Å². The lowest BCUT2D eigenvalue weighted by Gasteiger charge is -2.15. The maximum atomic E-state index is 6.14. The Labute approximate surface area is 163 Å². The average molecular weight is 370 g/mol. The second kappa shape index (κ2) is 7.09. The van der Waals surface area contributed by atoms with Crippen molar-refractivity contribution in [3.63, 3.8) is 0 Å². The van der Waals surface area contributed by atoms with Crippen LogP contribution in [0.3, 0.4) is 0 Å². The number of nitrogens with two attached hydrogens (primary N) is 1. The first kappa shape index (κ1) is 17.0. The molecule has 0 saturated carbocycles. The first-order valence-electron chi connectivity index (χ1n) is 9.69. The zero-order valence-corrected chi connectivity index (χ0v) is 15.6. The molecule has 0 amide bonds. The number of hydrogen-bond donors (Lipinski definition) is 1. The molecule has 0 radical (unpaired) electrons. The Morgan fingerprint density at radius 1 is 0.964 bits per heavy atom. The smallest absolute Gasteiger partial charge is 0.231 e. The van der Waals surface area contributed by atoms with E-state index in [2.05, 4.69) is 39.1 Å². The number of fused-ring (bicyclic) bond motifs is 1. The summed E-state index contributed by atoms with van der Waals surface area (Å²) >= 11 is 0. The summed E-state index contributed by atoms with van der Waals surface area (Å²) in [6, 6.07) is 18.4. The van der Waals surface area contributed by atoms with Gasteiger partial charge in [-0.1, -0.05) is 30.3 Å². The number of para-hydroxylation sites is 2. The van der Waals surface area contributed by atoms with Crippen molar-refractivity contribution in [3.8, 4) is 22.6 Å². The molecule has 0 atom stereocenters. The first-order chi connectivity index (χ1) is 13.8. The van der Waals surface area contributed by atoms with Crippen LogP contribution in [0.15, 0.2) is 65.2 Å². The Kier molecular flexibility index (Phi) is 4.29. The molecule has 0 bridgehead atoms. The highest BCUT2D eigenvalue weighted by atomic mass is 16.3. The number of nitrogens with zero attached hydrogens (tertiary/aromatic N) is 3. The average Bonchev–Trinajstić information content (AvgIpc) is 3.38. The lowest BCUT2D eigenvalue weighted by Crippen LogP contribution is -2.18. The van der Waals surface area contributed by atoms with Gasteiger partial charge in [0.2, 0.25) is 5.89 Å². The van der Waals surface area contributed by atoms with Gasteiger partial charge in [-0.2, -0.15) is 0 Å². The van der Waals surface area contributed by atoms with Crippen molar-refractivity contribution in [1.82, 2.24) is 14.9 Å². The van der Waals surface area contributed by atoms with Crippen molar-refractivity contribution in [1.29, 1.82) is 0 Å². The molecular weight excluding hydrogens is 348 g/mol. The van der Waals surface area contributed by atoms with Gasteiger partial charge in [0.15, 0.2) is 5.58 Å². The van der Waals surface area contributed by atoms with Crippen LogP contribution in [0, 0.1) is 0 Å². The standard InChI is InChI=1S/C23H22N4O/c24-22-19(23-26-20-8-1-2-9-21(20)28-23)13-18(14-25-22)17-7-5-6-16(12-17)15-27-10-3-4-11-27/h1-2,5-9,12-14H,3-4,10-11,15H2,(H2,24,25). The predicted molar refractivity (Wildman–Crippen MR) is 112 cm³/mol. The Bertz CT molecular complexity index is 1100. The molecule has 1 saturated heterocycles. The minimum absolute atomic E-state index is 0.420. The van der Waals surface area contributed by atoms with Crippen molar-refractivity contribution >= 4 is 16.9 Å². The van der Waals surface area contributed by atoms with E-state index in [1.54, 1.807) is 0 Å². The summed E-state index contributed by atoms with van der Waals surface area (Å²) in [5.74, 6) is 0.921. The number of nitrogen functional groups attached to an aromatic ring is 1. The summed E-state index contributed by atoms with van der Waals surface area (Å²) < 4.78 is 5.90. The summed E-state index contributed by atoms with van der Waals surface area (Å²) in [4.78, 5) is 11.5. The van der Waals surface area contributed by atoms with Crippen molar-refractivity contribution in [3.05, 3.63) is 66.4 Å². The highest BCUT2D eigenvalue weighted by Crippen LogP contribution is 2.31. The SMILES string of the molecule is Nc1ncc(-c2cccc(CN3CCCC3)c2)cc1-c1nc2ccccc2o1. The van der Waals surface area contributed by atoms with E-state index in [4.69, 9.17) is 10.2 Å². The number of likely N-dealkylation sites (tertiary alicyclic amines) is 1. The molecule has 140 valence electrons. The number of hydrogen-bond acceptors (Lipinski definition) is 5. The third kappa shape index (κ3) is 3.25. The van der Waals surface area contributed by atoms with Gasteiger partial charge in [-0.3, -0.25) is 4.90 Å². The Balaban J connectivity index is 1.50.